The van der Waals surface area contributed by atoms with Gasteiger partial charge in [-0.2, -0.15) is 0 Å². The molecule has 0 spiro atoms. The summed E-state index contributed by atoms with van der Waals surface area (Å²) in [5.41, 5.74) is 0.750. The van der Waals surface area contributed by atoms with Crippen molar-refractivity contribution in [2.45, 2.75) is 25.3 Å². The zero-order chi connectivity index (χ0) is 15.3. The molecule has 3 heterocycles. The minimum atomic E-state index is -3.00. The van der Waals surface area contributed by atoms with Crippen LogP contribution >= 0.6 is 11.3 Å². The quantitative estimate of drug-likeness (QED) is 0.835. The Labute approximate surface area is 132 Å². The van der Waals surface area contributed by atoms with Crippen LogP contribution in [-0.2, 0) is 21.1 Å². The molecule has 1 saturated heterocycles. The van der Waals surface area contributed by atoms with Crippen LogP contribution in [0.3, 0.4) is 0 Å². The maximum absolute atomic E-state index is 12.6. The van der Waals surface area contributed by atoms with E-state index in [-0.39, 0.29) is 29.9 Å². The second kappa shape index (κ2) is 5.06. The minimum Gasteiger partial charge on any atom is -0.337 e. The molecule has 1 aliphatic carbocycles. The normalized spacial score (nSPS) is 24.7. The molecule has 0 radical (unpaired) electrons. The van der Waals surface area contributed by atoms with Crippen LogP contribution in [-0.4, -0.2) is 52.7 Å². The summed E-state index contributed by atoms with van der Waals surface area (Å²) in [6.45, 7) is 0.324. The number of carbonyl (C=O) groups excluding carboxylic acids is 1. The first-order valence-electron chi connectivity index (χ1n) is 7.43. The lowest BCUT2D eigenvalue weighted by Crippen LogP contribution is -2.52. The number of hydrogen-bond acceptors (Lipinski definition) is 5. The molecule has 1 aliphatic heterocycles. The van der Waals surface area contributed by atoms with Gasteiger partial charge in [-0.1, -0.05) is 0 Å². The fourth-order valence-corrected chi connectivity index (χ4v) is 5.47. The smallest absolute Gasteiger partial charge is 0.228 e. The van der Waals surface area contributed by atoms with Crippen LogP contribution in [0, 0.1) is 5.92 Å². The lowest BCUT2D eigenvalue weighted by Gasteiger charge is -2.35. The van der Waals surface area contributed by atoms with E-state index in [1.165, 1.54) is 11.3 Å². The van der Waals surface area contributed by atoms with Crippen molar-refractivity contribution in [3.63, 3.8) is 0 Å². The third kappa shape index (κ3) is 2.65. The van der Waals surface area contributed by atoms with Gasteiger partial charge in [0, 0.05) is 30.4 Å². The van der Waals surface area contributed by atoms with E-state index in [4.69, 9.17) is 0 Å². The summed E-state index contributed by atoms with van der Waals surface area (Å²) in [7, 11) is -3.00. The van der Waals surface area contributed by atoms with Gasteiger partial charge in [0.15, 0.2) is 14.8 Å². The average molecular weight is 339 g/mol. The predicted octanol–water partition coefficient (Wildman–Crippen LogP) is 0.974. The van der Waals surface area contributed by atoms with Crippen LogP contribution in [0.5, 0.6) is 0 Å². The van der Waals surface area contributed by atoms with Crippen LogP contribution < -0.4 is 0 Å². The number of carbonyl (C=O) groups is 1. The van der Waals surface area contributed by atoms with Gasteiger partial charge in [0.25, 0.3) is 0 Å². The third-order valence-electron chi connectivity index (χ3n) is 4.43. The summed E-state index contributed by atoms with van der Waals surface area (Å²) in [6, 6.07) is -0.130. The van der Waals surface area contributed by atoms with Crippen LogP contribution in [0.4, 0.5) is 0 Å². The van der Waals surface area contributed by atoms with Crippen molar-refractivity contribution in [1.82, 2.24) is 14.3 Å². The van der Waals surface area contributed by atoms with Crippen molar-refractivity contribution in [3.05, 3.63) is 23.5 Å². The Hall–Kier alpha value is -1.41. The van der Waals surface area contributed by atoms with Crippen molar-refractivity contribution < 1.29 is 13.2 Å². The minimum absolute atomic E-state index is 0.00227. The van der Waals surface area contributed by atoms with Crippen molar-refractivity contribution in [2.75, 3.05) is 18.1 Å². The second-order valence-corrected chi connectivity index (χ2v) is 9.21. The number of thiazole rings is 1. The highest BCUT2D eigenvalue weighted by Crippen LogP contribution is 2.37. The second-order valence-electron chi connectivity index (χ2n) is 6.11. The summed E-state index contributed by atoms with van der Waals surface area (Å²) >= 11 is 1.53. The van der Waals surface area contributed by atoms with Crippen LogP contribution in [0.2, 0.25) is 0 Å². The summed E-state index contributed by atoms with van der Waals surface area (Å²) in [5, 5.41) is 1.95. The highest BCUT2D eigenvalue weighted by molar-refractivity contribution is 7.91. The van der Waals surface area contributed by atoms with Gasteiger partial charge in [0.1, 0.15) is 0 Å². The maximum atomic E-state index is 12.6. The molecular weight excluding hydrogens is 322 g/mol. The average Bonchev–Trinajstić information content (AvgIpc) is 3.09. The van der Waals surface area contributed by atoms with Crippen LogP contribution in [0.25, 0.3) is 4.96 Å². The molecule has 1 saturated carbocycles. The van der Waals surface area contributed by atoms with Gasteiger partial charge < -0.3 is 4.90 Å². The molecule has 1 atom stereocenters. The van der Waals surface area contributed by atoms with Crippen molar-refractivity contribution in [3.8, 4) is 0 Å². The number of imidazole rings is 1. The number of hydrogen-bond donors (Lipinski definition) is 0. The van der Waals surface area contributed by atoms with Crippen molar-refractivity contribution >= 4 is 32.0 Å². The Morgan fingerprint density at radius 2 is 2.23 bits per heavy atom. The van der Waals surface area contributed by atoms with Gasteiger partial charge in [0.05, 0.1) is 23.6 Å². The van der Waals surface area contributed by atoms with E-state index < -0.39 is 9.84 Å². The van der Waals surface area contributed by atoms with E-state index in [0.717, 1.165) is 23.5 Å². The standard InChI is InChI=1S/C14H17N3O3S2/c18-13(7-11-8-16-3-5-21-14(16)15-11)17-4-6-22(19,20)9-12(17)10-1-2-10/h3,5,8,10,12H,1-2,4,6-7,9H2/t12-/m0/s1. The first-order chi connectivity index (χ1) is 10.5. The van der Waals surface area contributed by atoms with Crippen LogP contribution in [0.15, 0.2) is 17.8 Å². The predicted molar refractivity (Wildman–Crippen MR) is 83.7 cm³/mol. The molecule has 4 rings (SSSR count). The molecule has 1 amide bonds. The van der Waals surface area contributed by atoms with Crippen molar-refractivity contribution in [2.24, 2.45) is 5.92 Å². The Morgan fingerprint density at radius 1 is 1.41 bits per heavy atom. The molecule has 22 heavy (non-hydrogen) atoms. The number of aromatic nitrogens is 2. The number of fused-ring (bicyclic) bond motifs is 1. The lowest BCUT2D eigenvalue weighted by molar-refractivity contribution is -0.132. The van der Waals surface area contributed by atoms with Crippen molar-refractivity contribution in [1.29, 1.82) is 0 Å². The molecule has 2 aromatic rings. The molecule has 2 aromatic heterocycles. The molecule has 118 valence electrons. The van der Waals surface area contributed by atoms with E-state index in [2.05, 4.69) is 4.98 Å². The number of amides is 1. The molecule has 0 aromatic carbocycles. The van der Waals surface area contributed by atoms with E-state index in [1.807, 2.05) is 22.2 Å². The highest BCUT2D eigenvalue weighted by Gasteiger charge is 2.42. The molecular formula is C14H17N3O3S2. The highest BCUT2D eigenvalue weighted by atomic mass is 32.2. The first-order valence-corrected chi connectivity index (χ1v) is 10.1. The Kier molecular flexibility index (Phi) is 3.26. The number of sulfone groups is 1. The molecule has 0 N–H and O–H groups in total. The molecule has 8 heteroatoms. The summed E-state index contributed by atoms with van der Waals surface area (Å²) in [6.07, 6.45) is 6.10. The summed E-state index contributed by atoms with van der Waals surface area (Å²) < 4.78 is 25.6. The molecule has 6 nitrogen and oxygen atoms in total. The molecule has 2 fully saturated rings. The van der Waals surface area contributed by atoms with E-state index in [0.29, 0.717) is 12.5 Å². The van der Waals surface area contributed by atoms with Crippen LogP contribution in [0.1, 0.15) is 18.5 Å². The van der Waals surface area contributed by atoms with Gasteiger partial charge in [-0.3, -0.25) is 9.20 Å². The third-order valence-corrected chi connectivity index (χ3v) is 6.85. The van der Waals surface area contributed by atoms with E-state index in [1.54, 1.807) is 4.90 Å². The number of rotatable bonds is 3. The maximum Gasteiger partial charge on any atom is 0.228 e. The van der Waals surface area contributed by atoms with Gasteiger partial charge in [0.2, 0.25) is 5.91 Å². The van der Waals surface area contributed by atoms with Gasteiger partial charge >= 0.3 is 0 Å². The Morgan fingerprint density at radius 3 is 2.95 bits per heavy atom. The summed E-state index contributed by atoms with van der Waals surface area (Å²) in [4.78, 5) is 19.7. The topological polar surface area (TPSA) is 71.8 Å². The van der Waals surface area contributed by atoms with Gasteiger partial charge in [-0.25, -0.2) is 13.4 Å². The first kappa shape index (κ1) is 14.2. The largest absolute Gasteiger partial charge is 0.337 e. The fraction of sp³-hybridized carbons (Fsp3) is 0.571. The molecule has 0 bridgehead atoms. The van der Waals surface area contributed by atoms with E-state index in [9.17, 15) is 13.2 Å². The molecule has 0 unspecified atom stereocenters. The SMILES string of the molecule is O=C(Cc1cn2ccsc2n1)N1CCS(=O)(=O)C[C@H]1C1CC1. The molecule has 2 aliphatic rings. The zero-order valence-corrected chi connectivity index (χ0v) is 13.6. The Bertz CT molecular complexity index is 791. The monoisotopic (exact) mass is 339 g/mol. The Balaban J connectivity index is 1.52. The zero-order valence-electron chi connectivity index (χ0n) is 12.0. The fourth-order valence-electron chi connectivity index (χ4n) is 3.14. The van der Waals surface area contributed by atoms with Gasteiger partial charge in [-0.15, -0.1) is 11.3 Å². The summed E-state index contributed by atoms with van der Waals surface area (Å²) in [5.74, 6) is 0.573. The van der Waals surface area contributed by atoms with E-state index >= 15 is 0 Å². The lowest BCUT2D eigenvalue weighted by atomic mass is 10.1. The van der Waals surface area contributed by atoms with Gasteiger partial charge in [-0.05, 0) is 18.8 Å². The number of nitrogens with zero attached hydrogens (tertiary/aromatic N) is 3.